The van der Waals surface area contributed by atoms with Crippen LogP contribution in [0.15, 0.2) is 0 Å². The summed E-state index contributed by atoms with van der Waals surface area (Å²) in [6.07, 6.45) is 2.81. The number of carbonyl (C=O) groups excluding carboxylic acids is 1. The van der Waals surface area contributed by atoms with Gasteiger partial charge in [0.15, 0.2) is 0 Å². The molecule has 1 N–H and O–H groups in total. The van der Waals surface area contributed by atoms with Gasteiger partial charge in [-0.05, 0) is 33.5 Å². The zero-order valence-electron chi connectivity index (χ0n) is 9.96. The quantitative estimate of drug-likeness (QED) is 0.660. The third kappa shape index (κ3) is 4.62. The molecule has 0 unspecified atom stereocenters. The molecule has 88 valence electrons. The molecule has 1 aliphatic heterocycles. The summed E-state index contributed by atoms with van der Waals surface area (Å²) in [5, 5.41) is 3.10. The van der Waals surface area contributed by atoms with Crippen LogP contribution in [0, 0.1) is 0 Å². The van der Waals surface area contributed by atoms with Crippen LogP contribution >= 0.6 is 0 Å². The molecule has 4 nitrogen and oxygen atoms in total. The summed E-state index contributed by atoms with van der Waals surface area (Å²) in [6.45, 7) is 4.85. The molecule has 0 aliphatic carbocycles. The van der Waals surface area contributed by atoms with Gasteiger partial charge in [-0.25, -0.2) is 0 Å². The molecule has 1 heterocycles. The highest BCUT2D eigenvalue weighted by Gasteiger charge is 2.17. The lowest BCUT2D eigenvalue weighted by molar-refractivity contribution is -0.132. The average Bonchev–Trinajstić information content (AvgIpc) is 2.25. The molecule has 15 heavy (non-hydrogen) atoms. The van der Waals surface area contributed by atoms with Gasteiger partial charge in [-0.3, -0.25) is 4.79 Å². The first-order valence-electron chi connectivity index (χ1n) is 5.85. The Labute approximate surface area is 92.6 Å². The van der Waals surface area contributed by atoms with E-state index in [1.54, 1.807) is 0 Å². The number of hydrogen-bond acceptors (Lipinski definition) is 3. The summed E-state index contributed by atoms with van der Waals surface area (Å²) in [6, 6.07) is 0. The van der Waals surface area contributed by atoms with Crippen LogP contribution in [0.3, 0.4) is 0 Å². The maximum Gasteiger partial charge on any atom is 0.222 e. The van der Waals surface area contributed by atoms with E-state index in [9.17, 15) is 4.79 Å². The lowest BCUT2D eigenvalue weighted by atomic mass is 10.2. The first kappa shape index (κ1) is 12.5. The van der Waals surface area contributed by atoms with Crippen molar-refractivity contribution in [3.05, 3.63) is 0 Å². The predicted molar refractivity (Wildman–Crippen MR) is 61.9 cm³/mol. The Balaban J connectivity index is 2.11. The third-order valence-electron chi connectivity index (χ3n) is 2.92. The van der Waals surface area contributed by atoms with E-state index in [0.29, 0.717) is 12.3 Å². The summed E-state index contributed by atoms with van der Waals surface area (Å²) in [5.41, 5.74) is 0. The van der Waals surface area contributed by atoms with Crippen LogP contribution in [0.1, 0.15) is 19.3 Å². The van der Waals surface area contributed by atoms with Crippen molar-refractivity contribution in [2.75, 3.05) is 46.8 Å². The lowest BCUT2D eigenvalue weighted by Crippen LogP contribution is -2.47. The normalized spacial score (nSPS) is 18.1. The number of hydrogen-bond donors (Lipinski definition) is 1. The summed E-state index contributed by atoms with van der Waals surface area (Å²) >= 11 is 0. The van der Waals surface area contributed by atoms with E-state index < -0.39 is 0 Å². The summed E-state index contributed by atoms with van der Waals surface area (Å²) in [4.78, 5) is 16.0. The fourth-order valence-corrected chi connectivity index (χ4v) is 1.79. The predicted octanol–water partition coefficient (Wildman–Crippen LogP) is 0.150. The molecule has 1 fully saturated rings. The molecule has 0 aromatic rings. The molecule has 4 heteroatoms. The topological polar surface area (TPSA) is 35.6 Å². The Hall–Kier alpha value is -0.610. The molecular weight excluding hydrogens is 190 g/mol. The molecule has 0 radical (unpaired) electrons. The van der Waals surface area contributed by atoms with Crippen molar-refractivity contribution in [3.8, 4) is 0 Å². The molecule has 0 atom stereocenters. The smallest absolute Gasteiger partial charge is 0.222 e. The molecule has 1 saturated heterocycles. The second-order valence-corrected chi connectivity index (χ2v) is 4.24. The molecule has 0 aromatic carbocycles. The van der Waals surface area contributed by atoms with Gasteiger partial charge in [-0.2, -0.15) is 0 Å². The van der Waals surface area contributed by atoms with Crippen LogP contribution in [-0.2, 0) is 4.79 Å². The fraction of sp³-hybridized carbons (Fsp3) is 0.909. The molecular formula is C11H23N3O. The van der Waals surface area contributed by atoms with Crippen molar-refractivity contribution < 1.29 is 4.79 Å². The van der Waals surface area contributed by atoms with Gasteiger partial charge in [0.05, 0.1) is 0 Å². The zero-order valence-corrected chi connectivity index (χ0v) is 9.96. The second kappa shape index (κ2) is 6.80. The summed E-state index contributed by atoms with van der Waals surface area (Å²) in [5.74, 6) is 0.333. The van der Waals surface area contributed by atoms with Crippen molar-refractivity contribution in [1.82, 2.24) is 15.1 Å². The second-order valence-electron chi connectivity index (χ2n) is 4.24. The third-order valence-corrected chi connectivity index (χ3v) is 2.92. The number of nitrogens with zero attached hydrogens (tertiary/aromatic N) is 2. The standard InChI is InChI=1S/C11H23N3O/c1-12-6-4-3-5-11(15)14-9-7-13(2)8-10-14/h12H,3-10H2,1-2H3. The minimum absolute atomic E-state index is 0.333. The minimum Gasteiger partial charge on any atom is -0.340 e. The van der Waals surface area contributed by atoms with E-state index in [0.717, 1.165) is 45.6 Å². The minimum atomic E-state index is 0.333. The van der Waals surface area contributed by atoms with E-state index in [4.69, 9.17) is 0 Å². The number of rotatable bonds is 5. The van der Waals surface area contributed by atoms with Gasteiger partial charge in [-0.15, -0.1) is 0 Å². The number of likely N-dealkylation sites (N-methyl/N-ethyl adjacent to an activating group) is 1. The van der Waals surface area contributed by atoms with Crippen molar-refractivity contribution >= 4 is 5.91 Å². The SMILES string of the molecule is CNCCCCC(=O)N1CCN(C)CC1. The van der Waals surface area contributed by atoms with Crippen molar-refractivity contribution in [3.63, 3.8) is 0 Å². The lowest BCUT2D eigenvalue weighted by Gasteiger charge is -2.32. The molecule has 1 amide bonds. The highest BCUT2D eigenvalue weighted by molar-refractivity contribution is 5.76. The van der Waals surface area contributed by atoms with Crippen LogP contribution in [0.25, 0.3) is 0 Å². The van der Waals surface area contributed by atoms with Gasteiger partial charge in [0.2, 0.25) is 5.91 Å². The van der Waals surface area contributed by atoms with Gasteiger partial charge >= 0.3 is 0 Å². The Morgan fingerprint density at radius 2 is 1.87 bits per heavy atom. The van der Waals surface area contributed by atoms with Crippen molar-refractivity contribution in [1.29, 1.82) is 0 Å². The first-order valence-corrected chi connectivity index (χ1v) is 5.85. The molecule has 1 rings (SSSR count). The van der Waals surface area contributed by atoms with Crippen LogP contribution < -0.4 is 5.32 Å². The molecule has 0 spiro atoms. The Bertz CT molecular complexity index is 188. The molecule has 0 aromatic heterocycles. The number of carbonyl (C=O) groups is 1. The van der Waals surface area contributed by atoms with E-state index >= 15 is 0 Å². The first-order chi connectivity index (χ1) is 7.24. The van der Waals surface area contributed by atoms with Gasteiger partial charge in [-0.1, -0.05) is 0 Å². The van der Waals surface area contributed by atoms with Gasteiger partial charge in [0, 0.05) is 32.6 Å². The Morgan fingerprint density at radius 3 is 2.47 bits per heavy atom. The van der Waals surface area contributed by atoms with Crippen LogP contribution in [0.4, 0.5) is 0 Å². The maximum absolute atomic E-state index is 11.8. The molecule has 1 aliphatic rings. The maximum atomic E-state index is 11.8. The van der Waals surface area contributed by atoms with E-state index in [1.165, 1.54) is 0 Å². The highest BCUT2D eigenvalue weighted by atomic mass is 16.2. The molecule has 0 bridgehead atoms. The van der Waals surface area contributed by atoms with Gasteiger partial charge in [0.25, 0.3) is 0 Å². The van der Waals surface area contributed by atoms with E-state index in [-0.39, 0.29) is 0 Å². The van der Waals surface area contributed by atoms with Crippen molar-refractivity contribution in [2.45, 2.75) is 19.3 Å². The Morgan fingerprint density at radius 1 is 1.20 bits per heavy atom. The monoisotopic (exact) mass is 213 g/mol. The van der Waals surface area contributed by atoms with Crippen LogP contribution in [0.2, 0.25) is 0 Å². The molecule has 0 saturated carbocycles. The van der Waals surface area contributed by atoms with Crippen molar-refractivity contribution in [2.24, 2.45) is 0 Å². The number of piperazine rings is 1. The largest absolute Gasteiger partial charge is 0.340 e. The highest BCUT2D eigenvalue weighted by Crippen LogP contribution is 2.04. The zero-order chi connectivity index (χ0) is 11.1. The van der Waals surface area contributed by atoms with Gasteiger partial charge in [0.1, 0.15) is 0 Å². The van der Waals surface area contributed by atoms with Gasteiger partial charge < -0.3 is 15.1 Å². The average molecular weight is 213 g/mol. The number of unbranched alkanes of at least 4 members (excludes halogenated alkanes) is 1. The number of nitrogens with one attached hydrogen (secondary N) is 1. The summed E-state index contributed by atoms with van der Waals surface area (Å²) < 4.78 is 0. The van der Waals surface area contributed by atoms with Crippen LogP contribution in [-0.4, -0.2) is 62.5 Å². The van der Waals surface area contributed by atoms with E-state index in [2.05, 4.69) is 17.3 Å². The number of amides is 1. The van der Waals surface area contributed by atoms with E-state index in [1.807, 2.05) is 11.9 Å². The van der Waals surface area contributed by atoms with Crippen LogP contribution in [0.5, 0.6) is 0 Å². The summed E-state index contributed by atoms with van der Waals surface area (Å²) in [7, 11) is 4.05. The Kier molecular flexibility index (Phi) is 5.65. The fourth-order valence-electron chi connectivity index (χ4n) is 1.79.